The molecule has 0 aliphatic carbocycles. The number of imidazole rings is 1. The van der Waals surface area contributed by atoms with E-state index in [-0.39, 0.29) is 6.03 Å². The summed E-state index contributed by atoms with van der Waals surface area (Å²) in [6, 6.07) is 5.21. The molecule has 1 aromatic heterocycles. The minimum atomic E-state index is -0.0670. The number of hydrogen-bond donors (Lipinski definition) is 1. The lowest BCUT2D eigenvalue weighted by atomic mass is 10.2. The maximum atomic E-state index is 12.3. The van der Waals surface area contributed by atoms with Gasteiger partial charge in [0.2, 0.25) is 0 Å². The Hall–Kier alpha value is -1.76. The molecule has 0 saturated carbocycles. The summed E-state index contributed by atoms with van der Waals surface area (Å²) in [7, 11) is 1.99. The van der Waals surface area contributed by atoms with Crippen LogP contribution >= 0.6 is 23.2 Å². The van der Waals surface area contributed by atoms with Gasteiger partial charge >= 0.3 is 6.03 Å². The molecular weight excluding hydrogens is 361 g/mol. The van der Waals surface area contributed by atoms with Gasteiger partial charge in [-0.1, -0.05) is 29.3 Å². The van der Waals surface area contributed by atoms with Crippen LogP contribution in [0.2, 0.25) is 10.0 Å². The van der Waals surface area contributed by atoms with E-state index in [0.29, 0.717) is 29.7 Å². The Labute approximate surface area is 157 Å². The molecule has 2 aromatic rings. The van der Waals surface area contributed by atoms with Crippen LogP contribution in [0, 0.1) is 0 Å². The molecular formula is C17H21Cl2N5O. The number of aryl methyl sites for hydroxylation is 1. The van der Waals surface area contributed by atoms with Gasteiger partial charge in [-0.05, 0) is 17.7 Å². The molecule has 0 unspecified atom stereocenters. The Morgan fingerprint density at radius 2 is 2.00 bits per heavy atom. The lowest BCUT2D eigenvalue weighted by Gasteiger charge is -2.34. The van der Waals surface area contributed by atoms with E-state index in [9.17, 15) is 4.79 Å². The topological polar surface area (TPSA) is 53.4 Å². The minimum absolute atomic E-state index is 0.0670. The van der Waals surface area contributed by atoms with Crippen LogP contribution in [0.5, 0.6) is 0 Å². The number of halogens is 2. The van der Waals surface area contributed by atoms with Crippen LogP contribution in [0.3, 0.4) is 0 Å². The molecule has 8 heteroatoms. The fraction of sp³-hybridized carbons (Fsp3) is 0.412. The second-order valence-corrected chi connectivity index (χ2v) is 6.96. The molecule has 1 aromatic carbocycles. The fourth-order valence-electron chi connectivity index (χ4n) is 2.81. The molecule has 0 bridgehead atoms. The van der Waals surface area contributed by atoms with E-state index in [0.717, 1.165) is 31.0 Å². The summed E-state index contributed by atoms with van der Waals surface area (Å²) in [5.41, 5.74) is 0.854. The molecule has 134 valence electrons. The van der Waals surface area contributed by atoms with E-state index >= 15 is 0 Å². The van der Waals surface area contributed by atoms with Crippen molar-refractivity contribution < 1.29 is 4.79 Å². The van der Waals surface area contributed by atoms with E-state index in [4.69, 9.17) is 23.2 Å². The molecule has 1 N–H and O–H groups in total. The fourth-order valence-corrected chi connectivity index (χ4v) is 3.28. The Morgan fingerprint density at radius 1 is 1.24 bits per heavy atom. The predicted molar refractivity (Wildman–Crippen MR) is 98.8 cm³/mol. The smallest absolute Gasteiger partial charge is 0.317 e. The van der Waals surface area contributed by atoms with Crippen molar-refractivity contribution in [2.45, 2.75) is 13.1 Å². The maximum absolute atomic E-state index is 12.3. The number of nitrogens with zero attached hydrogens (tertiary/aromatic N) is 4. The van der Waals surface area contributed by atoms with Gasteiger partial charge in [0.25, 0.3) is 0 Å². The molecule has 2 heterocycles. The number of rotatable bonds is 4. The first-order chi connectivity index (χ1) is 12.0. The Kier molecular flexibility index (Phi) is 5.83. The molecule has 25 heavy (non-hydrogen) atoms. The molecule has 0 atom stereocenters. The summed E-state index contributed by atoms with van der Waals surface area (Å²) in [6.07, 6.45) is 3.75. The molecule has 3 rings (SSSR count). The van der Waals surface area contributed by atoms with Crippen molar-refractivity contribution in [1.29, 1.82) is 0 Å². The molecule has 1 saturated heterocycles. The van der Waals surface area contributed by atoms with E-state index in [1.165, 1.54) is 0 Å². The standard InChI is InChI=1S/C17H21Cl2N5O/c1-22-5-4-20-16(22)12-23-6-8-24(9-7-23)17(25)21-11-13-2-3-14(18)10-15(13)19/h2-5,10H,6-9,11-12H2,1H3,(H,21,25). The number of aromatic nitrogens is 2. The number of carbonyl (C=O) groups excluding carboxylic acids is 1. The van der Waals surface area contributed by atoms with Gasteiger partial charge in [0.05, 0.1) is 6.54 Å². The highest BCUT2D eigenvalue weighted by Gasteiger charge is 2.21. The van der Waals surface area contributed by atoms with Crippen LogP contribution in [0.25, 0.3) is 0 Å². The number of amides is 2. The number of hydrogen-bond acceptors (Lipinski definition) is 3. The van der Waals surface area contributed by atoms with Crippen LogP contribution in [0.1, 0.15) is 11.4 Å². The van der Waals surface area contributed by atoms with E-state index < -0.39 is 0 Å². The van der Waals surface area contributed by atoms with Gasteiger partial charge in [-0.15, -0.1) is 0 Å². The lowest BCUT2D eigenvalue weighted by Crippen LogP contribution is -2.51. The second kappa shape index (κ2) is 8.08. The molecule has 2 amide bonds. The van der Waals surface area contributed by atoms with Gasteiger partial charge in [-0.25, -0.2) is 9.78 Å². The summed E-state index contributed by atoms with van der Waals surface area (Å²) in [5, 5.41) is 4.07. The highest BCUT2D eigenvalue weighted by atomic mass is 35.5. The van der Waals surface area contributed by atoms with Crippen molar-refractivity contribution in [2.75, 3.05) is 26.2 Å². The molecule has 0 spiro atoms. The van der Waals surface area contributed by atoms with Crippen LogP contribution < -0.4 is 5.32 Å². The number of nitrogens with one attached hydrogen (secondary N) is 1. The average Bonchev–Trinajstić information content (AvgIpc) is 2.99. The number of piperazine rings is 1. The van der Waals surface area contributed by atoms with Crippen molar-refractivity contribution in [1.82, 2.24) is 24.7 Å². The molecule has 1 aliphatic heterocycles. The zero-order valence-corrected chi connectivity index (χ0v) is 15.6. The van der Waals surface area contributed by atoms with E-state index in [1.807, 2.05) is 28.8 Å². The summed E-state index contributed by atoms with van der Waals surface area (Å²) in [6.45, 7) is 4.26. The average molecular weight is 382 g/mol. The van der Waals surface area contributed by atoms with Gasteiger partial charge in [0, 0.05) is 62.2 Å². The van der Waals surface area contributed by atoms with Gasteiger partial charge in [-0.3, -0.25) is 4.90 Å². The molecule has 1 aliphatic rings. The lowest BCUT2D eigenvalue weighted by molar-refractivity contribution is 0.132. The summed E-state index contributed by atoms with van der Waals surface area (Å²) < 4.78 is 2.02. The largest absolute Gasteiger partial charge is 0.337 e. The monoisotopic (exact) mass is 381 g/mol. The molecule has 6 nitrogen and oxygen atoms in total. The quantitative estimate of drug-likeness (QED) is 0.885. The number of urea groups is 1. The van der Waals surface area contributed by atoms with Crippen molar-refractivity contribution in [2.24, 2.45) is 7.05 Å². The SMILES string of the molecule is Cn1ccnc1CN1CCN(C(=O)NCc2ccc(Cl)cc2Cl)CC1. The zero-order chi connectivity index (χ0) is 17.8. The maximum Gasteiger partial charge on any atom is 0.317 e. The van der Waals surface area contributed by atoms with Gasteiger partial charge in [-0.2, -0.15) is 0 Å². The van der Waals surface area contributed by atoms with E-state index in [1.54, 1.807) is 18.3 Å². The van der Waals surface area contributed by atoms with Crippen molar-refractivity contribution in [3.05, 3.63) is 52.0 Å². The normalized spacial score (nSPS) is 15.4. The predicted octanol–water partition coefficient (Wildman–Crippen LogP) is 2.75. The minimum Gasteiger partial charge on any atom is -0.337 e. The Balaban J connectivity index is 1.46. The first kappa shape index (κ1) is 18.0. The number of carbonyl (C=O) groups is 1. The summed E-state index contributed by atoms with van der Waals surface area (Å²) in [4.78, 5) is 20.8. The third-order valence-corrected chi connectivity index (χ3v) is 4.98. The van der Waals surface area contributed by atoms with Crippen LogP contribution in [0.15, 0.2) is 30.6 Å². The van der Waals surface area contributed by atoms with Crippen molar-refractivity contribution >= 4 is 29.2 Å². The third-order valence-electron chi connectivity index (χ3n) is 4.39. The van der Waals surface area contributed by atoms with Gasteiger partial charge < -0.3 is 14.8 Å². The summed E-state index contributed by atoms with van der Waals surface area (Å²) in [5.74, 6) is 1.04. The third kappa shape index (κ3) is 4.66. The van der Waals surface area contributed by atoms with Gasteiger partial charge in [0.1, 0.15) is 5.82 Å². The molecule has 0 radical (unpaired) electrons. The number of benzene rings is 1. The van der Waals surface area contributed by atoms with E-state index in [2.05, 4.69) is 15.2 Å². The van der Waals surface area contributed by atoms with Crippen LogP contribution in [-0.4, -0.2) is 51.6 Å². The zero-order valence-electron chi connectivity index (χ0n) is 14.1. The van der Waals surface area contributed by atoms with Crippen molar-refractivity contribution in [3.8, 4) is 0 Å². The van der Waals surface area contributed by atoms with Crippen molar-refractivity contribution in [3.63, 3.8) is 0 Å². The molecule has 1 fully saturated rings. The van der Waals surface area contributed by atoms with Crippen LogP contribution in [-0.2, 0) is 20.1 Å². The summed E-state index contributed by atoms with van der Waals surface area (Å²) >= 11 is 12.0. The second-order valence-electron chi connectivity index (χ2n) is 6.11. The Bertz CT molecular complexity index is 740. The Morgan fingerprint density at radius 3 is 2.64 bits per heavy atom. The van der Waals surface area contributed by atoms with Crippen LogP contribution in [0.4, 0.5) is 4.79 Å². The highest BCUT2D eigenvalue weighted by molar-refractivity contribution is 6.35. The first-order valence-electron chi connectivity index (χ1n) is 8.18. The van der Waals surface area contributed by atoms with Gasteiger partial charge in [0.15, 0.2) is 0 Å². The first-order valence-corrected chi connectivity index (χ1v) is 8.94. The highest BCUT2D eigenvalue weighted by Crippen LogP contribution is 2.20.